The van der Waals surface area contributed by atoms with Gasteiger partial charge in [0.1, 0.15) is 6.54 Å². The molecule has 1 amide bonds. The summed E-state index contributed by atoms with van der Waals surface area (Å²) in [6, 6.07) is 0. The molecule has 2 aromatic rings. The van der Waals surface area contributed by atoms with E-state index in [0.29, 0.717) is 5.92 Å². The van der Waals surface area contributed by atoms with Crippen molar-refractivity contribution in [3.05, 3.63) is 26.1 Å². The molecule has 9 nitrogen and oxygen atoms in total. The number of hydrazone groups is 1. The zero-order chi connectivity index (χ0) is 21.3. The molecule has 10 heteroatoms. The highest BCUT2D eigenvalue weighted by Gasteiger charge is 2.60. The van der Waals surface area contributed by atoms with Crippen molar-refractivity contribution in [2.45, 2.75) is 46.6 Å². The molecule has 2 aromatic heterocycles. The average molecular weight is 421 g/mol. The van der Waals surface area contributed by atoms with E-state index < -0.39 is 17.2 Å². The molecule has 29 heavy (non-hydrogen) atoms. The largest absolute Gasteiger partial charge is 0.332 e. The number of rotatable bonds is 3. The Balaban J connectivity index is 1.62. The number of hydrogen-bond donors (Lipinski definition) is 1. The fourth-order valence-corrected chi connectivity index (χ4v) is 5.19. The van der Waals surface area contributed by atoms with Crippen LogP contribution in [-0.4, -0.2) is 30.3 Å². The molecule has 0 radical (unpaired) electrons. The molecular weight excluding hydrogens is 396 g/mol. The lowest BCUT2D eigenvalue weighted by Gasteiger charge is -2.34. The Morgan fingerprint density at radius 2 is 1.97 bits per heavy atom. The molecule has 2 unspecified atom stereocenters. The maximum atomic E-state index is 12.6. The summed E-state index contributed by atoms with van der Waals surface area (Å²) in [7, 11) is 2.88. The summed E-state index contributed by atoms with van der Waals surface area (Å²) in [6.45, 7) is 6.54. The van der Waals surface area contributed by atoms with E-state index in [-0.39, 0.29) is 33.8 Å². The van der Waals surface area contributed by atoms with Gasteiger partial charge < -0.3 is 0 Å². The molecule has 2 fully saturated rings. The molecule has 0 saturated heterocycles. The molecule has 2 saturated carbocycles. The summed E-state index contributed by atoms with van der Waals surface area (Å²) < 4.78 is 3.50. The zero-order valence-corrected chi connectivity index (χ0v) is 18.0. The van der Waals surface area contributed by atoms with Crippen molar-refractivity contribution >= 4 is 34.4 Å². The van der Waals surface area contributed by atoms with Crippen molar-refractivity contribution in [3.8, 4) is 0 Å². The van der Waals surface area contributed by atoms with Gasteiger partial charge in [-0.25, -0.2) is 10.2 Å². The van der Waals surface area contributed by atoms with E-state index in [2.05, 4.69) is 36.3 Å². The van der Waals surface area contributed by atoms with E-state index in [9.17, 15) is 14.4 Å². The van der Waals surface area contributed by atoms with Gasteiger partial charge >= 0.3 is 5.69 Å². The van der Waals surface area contributed by atoms with Gasteiger partial charge in [-0.3, -0.25) is 23.3 Å². The summed E-state index contributed by atoms with van der Waals surface area (Å²) >= 11 is 6.17. The number of halogens is 1. The Morgan fingerprint density at radius 1 is 1.28 bits per heavy atom. The van der Waals surface area contributed by atoms with Crippen LogP contribution in [0.15, 0.2) is 14.7 Å². The van der Waals surface area contributed by atoms with Crippen molar-refractivity contribution in [2.75, 3.05) is 0 Å². The van der Waals surface area contributed by atoms with Crippen molar-refractivity contribution in [1.29, 1.82) is 0 Å². The van der Waals surface area contributed by atoms with Crippen LogP contribution in [0.1, 0.15) is 40.0 Å². The Bertz CT molecular complexity index is 1190. The maximum absolute atomic E-state index is 12.6. The van der Waals surface area contributed by atoms with Gasteiger partial charge in [-0.2, -0.15) is 10.1 Å². The SMILES string of the molecule is Cn1c(=O)c2c(nc(Cl)n2CC(=O)N/N=C2\CC3CCC2(C)C3(C)C)n(C)c1=O. The second-order valence-electron chi connectivity index (χ2n) is 8.93. The third-order valence-electron chi connectivity index (χ3n) is 7.43. The predicted octanol–water partition coefficient (Wildman–Crippen LogP) is 1.41. The number of amides is 1. The van der Waals surface area contributed by atoms with E-state index in [1.807, 2.05) is 0 Å². The van der Waals surface area contributed by atoms with Gasteiger partial charge in [0.15, 0.2) is 11.2 Å². The third kappa shape index (κ3) is 2.63. The van der Waals surface area contributed by atoms with Gasteiger partial charge in [0, 0.05) is 25.2 Å². The first-order valence-electron chi connectivity index (χ1n) is 9.66. The molecule has 0 aromatic carbocycles. The smallest absolute Gasteiger partial charge is 0.299 e. The number of carbonyl (C=O) groups excluding carboxylic acids is 1. The van der Waals surface area contributed by atoms with Gasteiger partial charge in [-0.1, -0.05) is 20.8 Å². The van der Waals surface area contributed by atoms with E-state index in [1.54, 1.807) is 0 Å². The number of carbonyl (C=O) groups is 1. The minimum Gasteiger partial charge on any atom is -0.299 e. The van der Waals surface area contributed by atoms with Crippen LogP contribution < -0.4 is 16.7 Å². The first-order valence-corrected chi connectivity index (χ1v) is 10.0. The summed E-state index contributed by atoms with van der Waals surface area (Å²) in [5.74, 6) is 0.179. The lowest BCUT2D eigenvalue weighted by molar-refractivity contribution is -0.121. The molecule has 4 rings (SSSR count). The highest BCUT2D eigenvalue weighted by molar-refractivity contribution is 6.29. The van der Waals surface area contributed by atoms with Crippen molar-refractivity contribution < 1.29 is 4.79 Å². The van der Waals surface area contributed by atoms with Crippen molar-refractivity contribution in [3.63, 3.8) is 0 Å². The van der Waals surface area contributed by atoms with Gasteiger partial charge in [-0.15, -0.1) is 0 Å². The lowest BCUT2D eigenvalue weighted by atomic mass is 9.70. The molecule has 2 heterocycles. The molecule has 2 aliphatic carbocycles. The van der Waals surface area contributed by atoms with Gasteiger partial charge in [0.25, 0.3) is 11.5 Å². The molecule has 0 aliphatic heterocycles. The van der Waals surface area contributed by atoms with Crippen LogP contribution in [0, 0.1) is 16.7 Å². The first-order chi connectivity index (χ1) is 13.5. The minimum atomic E-state index is -0.552. The molecular formula is C19H25ClN6O3. The number of aromatic nitrogens is 4. The van der Waals surface area contributed by atoms with Crippen LogP contribution in [0.3, 0.4) is 0 Å². The molecule has 2 atom stereocenters. The van der Waals surface area contributed by atoms with Crippen LogP contribution in [0.5, 0.6) is 0 Å². The van der Waals surface area contributed by atoms with E-state index in [0.717, 1.165) is 23.1 Å². The molecule has 2 aliphatic rings. The highest BCUT2D eigenvalue weighted by atomic mass is 35.5. The number of imidazole rings is 1. The summed E-state index contributed by atoms with van der Waals surface area (Å²) in [6.07, 6.45) is 3.15. The van der Waals surface area contributed by atoms with Crippen LogP contribution >= 0.6 is 11.6 Å². The summed E-state index contributed by atoms with van der Waals surface area (Å²) in [4.78, 5) is 41.3. The number of hydrogen-bond acceptors (Lipinski definition) is 5. The standard InChI is InChI=1S/C19H25ClN6O3/c1-18(2)10-6-7-19(18,3)11(8-10)22-23-12(27)9-26-13-14(21-16(26)20)24(4)17(29)25(5)15(13)28/h10H,6-9H2,1-5H3,(H,23,27)/b22-11+. The normalized spacial score (nSPS) is 26.6. The Hall–Kier alpha value is -2.42. The molecule has 1 N–H and O–H groups in total. The first kappa shape index (κ1) is 19.9. The van der Waals surface area contributed by atoms with Crippen LogP contribution in [0.4, 0.5) is 0 Å². The second kappa shape index (κ2) is 6.29. The number of nitrogens with one attached hydrogen (secondary N) is 1. The maximum Gasteiger partial charge on any atom is 0.332 e. The summed E-state index contributed by atoms with van der Waals surface area (Å²) in [5, 5.41) is 4.40. The Morgan fingerprint density at radius 3 is 2.55 bits per heavy atom. The second-order valence-corrected chi connectivity index (χ2v) is 9.27. The van der Waals surface area contributed by atoms with Crippen LogP contribution in [0.2, 0.25) is 5.28 Å². The Labute approximate surface area is 172 Å². The van der Waals surface area contributed by atoms with Crippen LogP contribution in [-0.2, 0) is 25.4 Å². The Kier molecular flexibility index (Phi) is 4.31. The molecule has 0 spiro atoms. The zero-order valence-electron chi connectivity index (χ0n) is 17.2. The number of nitrogens with zero attached hydrogens (tertiary/aromatic N) is 5. The number of aryl methyl sites for hydroxylation is 1. The van der Waals surface area contributed by atoms with E-state index in [4.69, 9.17) is 11.6 Å². The predicted molar refractivity (Wildman–Crippen MR) is 110 cm³/mol. The molecule has 156 valence electrons. The quantitative estimate of drug-likeness (QED) is 0.598. The third-order valence-corrected chi connectivity index (χ3v) is 7.72. The van der Waals surface area contributed by atoms with Crippen molar-refractivity contribution in [2.24, 2.45) is 35.9 Å². The average Bonchev–Trinajstić information content (AvgIpc) is 3.17. The van der Waals surface area contributed by atoms with Gasteiger partial charge in [-0.05, 0) is 42.2 Å². The van der Waals surface area contributed by atoms with Gasteiger partial charge in [0.05, 0.1) is 0 Å². The highest BCUT2D eigenvalue weighted by Crippen LogP contribution is 2.63. The fraction of sp³-hybridized carbons (Fsp3) is 0.632. The lowest BCUT2D eigenvalue weighted by Crippen LogP contribution is -2.38. The van der Waals surface area contributed by atoms with Gasteiger partial charge in [0.2, 0.25) is 5.28 Å². The van der Waals surface area contributed by atoms with Crippen LogP contribution in [0.25, 0.3) is 11.2 Å². The van der Waals surface area contributed by atoms with Crippen molar-refractivity contribution in [1.82, 2.24) is 24.1 Å². The summed E-state index contributed by atoms with van der Waals surface area (Å²) in [5.41, 5.74) is 2.99. The number of fused-ring (bicyclic) bond motifs is 3. The van der Waals surface area contributed by atoms with E-state index >= 15 is 0 Å². The molecule has 2 bridgehead atoms. The monoisotopic (exact) mass is 420 g/mol. The van der Waals surface area contributed by atoms with E-state index in [1.165, 1.54) is 29.7 Å². The minimum absolute atomic E-state index is 0.0154. The topological polar surface area (TPSA) is 103 Å². The fourth-order valence-electron chi connectivity index (χ4n) is 4.97.